The van der Waals surface area contributed by atoms with E-state index in [0.717, 1.165) is 34.4 Å². The second-order valence-corrected chi connectivity index (χ2v) is 8.30. The molecule has 1 unspecified atom stereocenters. The van der Waals surface area contributed by atoms with Crippen molar-refractivity contribution in [2.24, 2.45) is 0 Å². The number of carboxylic acids is 1. The Morgan fingerprint density at radius 3 is 2.20 bits per heavy atom. The molecule has 0 saturated carbocycles. The highest BCUT2D eigenvalue weighted by molar-refractivity contribution is 6.31. The van der Waals surface area contributed by atoms with E-state index >= 15 is 0 Å². The van der Waals surface area contributed by atoms with Crippen LogP contribution in [0, 0.1) is 11.6 Å². The number of hydrogen-bond donors (Lipinski definition) is 3. The van der Waals surface area contributed by atoms with Gasteiger partial charge in [0, 0.05) is 10.9 Å². The maximum atomic E-state index is 14.0. The summed E-state index contributed by atoms with van der Waals surface area (Å²) >= 11 is 5.69. The lowest BCUT2D eigenvalue weighted by molar-refractivity contribution is -0.139. The summed E-state index contributed by atoms with van der Waals surface area (Å²) in [6.45, 7) is -0.0601. The van der Waals surface area contributed by atoms with Gasteiger partial charge in [-0.15, -0.1) is 0 Å². The molecule has 1 aliphatic carbocycles. The summed E-state index contributed by atoms with van der Waals surface area (Å²) in [7, 11) is 0. The van der Waals surface area contributed by atoms with Gasteiger partial charge >= 0.3 is 12.1 Å². The van der Waals surface area contributed by atoms with Crippen molar-refractivity contribution in [1.82, 2.24) is 5.32 Å². The molecule has 4 rings (SSSR count). The number of rotatable bonds is 7. The minimum absolute atomic E-state index is 0.0601. The SMILES string of the molecule is O=C(O)CC(NC(=O)OCC1c2ccccc2-c2ccccc21)C(=O)Nc1cc(Cl)cc(F)c1F. The molecule has 0 bridgehead atoms. The number of amides is 2. The number of nitrogens with one attached hydrogen (secondary N) is 2. The van der Waals surface area contributed by atoms with Crippen LogP contribution in [0.5, 0.6) is 0 Å². The number of carbonyl (C=O) groups is 3. The van der Waals surface area contributed by atoms with Gasteiger partial charge in [0.1, 0.15) is 12.6 Å². The van der Waals surface area contributed by atoms with Gasteiger partial charge in [-0.3, -0.25) is 9.59 Å². The molecule has 3 N–H and O–H groups in total. The van der Waals surface area contributed by atoms with Gasteiger partial charge in [-0.25, -0.2) is 13.6 Å². The normalized spacial score (nSPS) is 12.9. The van der Waals surface area contributed by atoms with Gasteiger partial charge in [0.05, 0.1) is 12.1 Å². The Morgan fingerprint density at radius 2 is 1.60 bits per heavy atom. The predicted molar refractivity (Wildman–Crippen MR) is 124 cm³/mol. The van der Waals surface area contributed by atoms with Crippen molar-refractivity contribution in [2.75, 3.05) is 11.9 Å². The number of carbonyl (C=O) groups excluding carboxylic acids is 2. The second-order valence-electron chi connectivity index (χ2n) is 7.86. The van der Waals surface area contributed by atoms with E-state index in [4.69, 9.17) is 21.4 Å². The third-order valence-electron chi connectivity index (χ3n) is 5.58. The molecular formula is C25H19ClF2N2O5. The number of benzene rings is 3. The number of ether oxygens (including phenoxy) is 1. The lowest BCUT2D eigenvalue weighted by Gasteiger charge is -2.19. The van der Waals surface area contributed by atoms with Crippen LogP contribution in [0.4, 0.5) is 19.3 Å². The molecule has 0 radical (unpaired) electrons. The largest absolute Gasteiger partial charge is 0.481 e. The van der Waals surface area contributed by atoms with Crippen molar-refractivity contribution >= 4 is 35.3 Å². The van der Waals surface area contributed by atoms with Crippen LogP contribution in [0.1, 0.15) is 23.5 Å². The summed E-state index contributed by atoms with van der Waals surface area (Å²) in [5.74, 6) is -5.41. The lowest BCUT2D eigenvalue weighted by atomic mass is 9.98. The van der Waals surface area contributed by atoms with Crippen LogP contribution in [0.3, 0.4) is 0 Å². The van der Waals surface area contributed by atoms with E-state index < -0.39 is 47.8 Å². The summed E-state index contributed by atoms with van der Waals surface area (Å²) < 4.78 is 32.9. The Hall–Kier alpha value is -3.98. The molecule has 0 fully saturated rings. The van der Waals surface area contributed by atoms with E-state index in [1.807, 2.05) is 48.5 Å². The minimum atomic E-state index is -1.62. The highest BCUT2D eigenvalue weighted by Crippen LogP contribution is 2.44. The highest BCUT2D eigenvalue weighted by Gasteiger charge is 2.30. The molecular weight excluding hydrogens is 482 g/mol. The molecule has 7 nitrogen and oxygen atoms in total. The third kappa shape index (κ3) is 5.25. The average molecular weight is 501 g/mol. The number of halogens is 3. The van der Waals surface area contributed by atoms with Gasteiger partial charge in [-0.05, 0) is 34.4 Å². The monoisotopic (exact) mass is 500 g/mol. The summed E-state index contributed by atoms with van der Waals surface area (Å²) in [6.07, 6.45) is -1.85. The maximum absolute atomic E-state index is 14.0. The zero-order valence-electron chi connectivity index (χ0n) is 18.1. The van der Waals surface area contributed by atoms with Gasteiger partial charge in [0.2, 0.25) is 5.91 Å². The molecule has 3 aromatic carbocycles. The van der Waals surface area contributed by atoms with Crippen LogP contribution < -0.4 is 10.6 Å². The van der Waals surface area contributed by atoms with Crippen molar-refractivity contribution in [3.8, 4) is 11.1 Å². The molecule has 2 amide bonds. The molecule has 0 spiro atoms. The van der Waals surface area contributed by atoms with E-state index in [2.05, 4.69) is 10.6 Å². The van der Waals surface area contributed by atoms with Gasteiger partial charge in [-0.1, -0.05) is 60.1 Å². The topological polar surface area (TPSA) is 105 Å². The van der Waals surface area contributed by atoms with Crippen molar-refractivity contribution < 1.29 is 33.0 Å². The smallest absolute Gasteiger partial charge is 0.407 e. The lowest BCUT2D eigenvalue weighted by Crippen LogP contribution is -2.45. The summed E-state index contributed by atoms with van der Waals surface area (Å²) in [4.78, 5) is 36.3. The third-order valence-corrected chi connectivity index (χ3v) is 5.80. The quantitative estimate of drug-likeness (QED) is 0.399. The molecule has 0 heterocycles. The van der Waals surface area contributed by atoms with E-state index in [1.165, 1.54) is 0 Å². The van der Waals surface area contributed by atoms with Gasteiger partial charge in [0.15, 0.2) is 11.6 Å². The standard InChI is InChI=1S/C25H19ClF2N2O5/c26-13-9-19(27)23(28)20(10-13)29-24(33)21(11-22(31)32)30-25(34)35-12-18-16-7-3-1-5-14(16)15-6-2-4-8-17(15)18/h1-10,18,21H,11-12H2,(H,29,33)(H,30,34)(H,31,32). The molecule has 10 heteroatoms. The zero-order chi connectivity index (χ0) is 25.1. The fourth-order valence-corrected chi connectivity index (χ4v) is 4.24. The Morgan fingerprint density at radius 1 is 1.00 bits per heavy atom. The number of fused-ring (bicyclic) bond motifs is 3. The van der Waals surface area contributed by atoms with E-state index in [-0.39, 0.29) is 17.5 Å². The fraction of sp³-hybridized carbons (Fsp3) is 0.160. The van der Waals surface area contributed by atoms with Crippen LogP contribution >= 0.6 is 11.6 Å². The van der Waals surface area contributed by atoms with Crippen LogP contribution in [0.25, 0.3) is 11.1 Å². The highest BCUT2D eigenvalue weighted by atomic mass is 35.5. The molecule has 0 saturated heterocycles. The molecule has 0 aromatic heterocycles. The van der Waals surface area contributed by atoms with Crippen molar-refractivity contribution in [2.45, 2.75) is 18.4 Å². The fourth-order valence-electron chi connectivity index (χ4n) is 4.03. The van der Waals surface area contributed by atoms with E-state index in [9.17, 15) is 23.2 Å². The summed E-state index contributed by atoms with van der Waals surface area (Å²) in [5.41, 5.74) is 3.40. The van der Waals surface area contributed by atoms with E-state index in [1.54, 1.807) is 0 Å². The first-order chi connectivity index (χ1) is 16.7. The number of anilines is 1. The first kappa shape index (κ1) is 24.2. The van der Waals surface area contributed by atoms with Gasteiger partial charge in [0.25, 0.3) is 0 Å². The Balaban J connectivity index is 1.45. The Bertz CT molecular complexity index is 1270. The van der Waals surface area contributed by atoms with Crippen LogP contribution in [0.2, 0.25) is 5.02 Å². The molecule has 1 aliphatic rings. The summed E-state index contributed by atoms with van der Waals surface area (Å²) in [6, 6.07) is 15.4. The maximum Gasteiger partial charge on any atom is 0.407 e. The van der Waals surface area contributed by atoms with Crippen molar-refractivity contribution in [1.29, 1.82) is 0 Å². The minimum Gasteiger partial charge on any atom is -0.481 e. The van der Waals surface area contributed by atoms with Crippen LogP contribution in [-0.4, -0.2) is 35.7 Å². The average Bonchev–Trinajstić information content (AvgIpc) is 3.14. The Kier molecular flexibility index (Phi) is 6.97. The number of alkyl carbamates (subject to hydrolysis) is 1. The first-order valence-corrected chi connectivity index (χ1v) is 10.9. The molecule has 1 atom stereocenters. The second kappa shape index (κ2) is 10.1. The predicted octanol–water partition coefficient (Wildman–Crippen LogP) is 4.94. The number of aliphatic carboxylic acids is 1. The molecule has 3 aromatic rings. The van der Waals surface area contributed by atoms with Crippen LogP contribution in [-0.2, 0) is 14.3 Å². The molecule has 35 heavy (non-hydrogen) atoms. The van der Waals surface area contributed by atoms with Crippen molar-refractivity contribution in [3.05, 3.63) is 88.4 Å². The Labute approximate surface area is 203 Å². The summed E-state index contributed by atoms with van der Waals surface area (Å²) in [5, 5.41) is 13.2. The van der Waals surface area contributed by atoms with Gasteiger partial charge < -0.3 is 20.5 Å². The molecule has 0 aliphatic heterocycles. The number of hydrogen-bond acceptors (Lipinski definition) is 4. The number of carboxylic acid groups (broad SMARTS) is 1. The van der Waals surface area contributed by atoms with Gasteiger partial charge in [-0.2, -0.15) is 0 Å². The zero-order valence-corrected chi connectivity index (χ0v) is 18.8. The first-order valence-electron chi connectivity index (χ1n) is 10.5. The van der Waals surface area contributed by atoms with Crippen LogP contribution in [0.15, 0.2) is 60.7 Å². The molecule has 180 valence electrons. The van der Waals surface area contributed by atoms with Crippen molar-refractivity contribution in [3.63, 3.8) is 0 Å². The van der Waals surface area contributed by atoms with E-state index in [0.29, 0.717) is 0 Å².